The highest BCUT2D eigenvalue weighted by atomic mass is 35.5. The third kappa shape index (κ3) is 3.43. The molecule has 1 aromatic rings. The Kier molecular flexibility index (Phi) is 5.13. The van der Waals surface area contributed by atoms with Crippen LogP contribution >= 0.6 is 23.7 Å². The molecule has 6 heteroatoms. The number of nitrogens with two attached hydrogens (primary N) is 1. The number of hydrogen-bond acceptors (Lipinski definition) is 4. The van der Waals surface area contributed by atoms with Gasteiger partial charge in [-0.25, -0.2) is 4.98 Å². The van der Waals surface area contributed by atoms with E-state index in [1.807, 2.05) is 10.3 Å². The lowest BCUT2D eigenvalue weighted by molar-refractivity contribution is 0.0578. The quantitative estimate of drug-likeness (QED) is 0.909. The van der Waals surface area contributed by atoms with Crippen LogP contribution in [0.2, 0.25) is 0 Å². The second kappa shape index (κ2) is 5.99. The van der Waals surface area contributed by atoms with Gasteiger partial charge in [-0.15, -0.1) is 23.7 Å². The van der Waals surface area contributed by atoms with Crippen LogP contribution in [0.15, 0.2) is 5.38 Å². The molecule has 2 rings (SSSR count). The highest BCUT2D eigenvalue weighted by Crippen LogP contribution is 2.29. The van der Waals surface area contributed by atoms with Crippen molar-refractivity contribution >= 4 is 29.7 Å². The summed E-state index contributed by atoms with van der Waals surface area (Å²) in [5.74, 6) is 0.0497. The lowest BCUT2D eigenvalue weighted by Gasteiger charge is -2.37. The van der Waals surface area contributed by atoms with Crippen LogP contribution in [0.25, 0.3) is 0 Å². The SMILES string of the molecule is CC1(C)CCCN(C(=O)c2csc(CN)n2)C1.Cl. The highest BCUT2D eigenvalue weighted by Gasteiger charge is 2.30. The molecule has 0 aliphatic carbocycles. The van der Waals surface area contributed by atoms with Crippen LogP contribution in [0.1, 0.15) is 42.2 Å². The zero-order valence-electron chi connectivity index (χ0n) is 10.8. The maximum atomic E-state index is 12.2. The summed E-state index contributed by atoms with van der Waals surface area (Å²) in [5, 5.41) is 2.64. The number of rotatable bonds is 2. The van der Waals surface area contributed by atoms with Gasteiger partial charge in [0.2, 0.25) is 0 Å². The average Bonchev–Trinajstić information content (AvgIpc) is 2.75. The van der Waals surface area contributed by atoms with Crippen LogP contribution in [-0.4, -0.2) is 28.9 Å². The second-order valence-electron chi connectivity index (χ2n) is 5.33. The Labute approximate surface area is 118 Å². The number of thiazole rings is 1. The van der Waals surface area contributed by atoms with E-state index in [1.54, 1.807) is 0 Å². The Bertz CT molecular complexity index is 419. The van der Waals surface area contributed by atoms with E-state index in [9.17, 15) is 4.79 Å². The molecule has 0 spiro atoms. The van der Waals surface area contributed by atoms with Crippen molar-refractivity contribution < 1.29 is 4.79 Å². The Hall–Kier alpha value is -0.650. The standard InChI is InChI=1S/C12H19N3OS.ClH/c1-12(2)4-3-5-15(8-12)11(16)9-7-17-10(6-13)14-9;/h7H,3-6,8,13H2,1-2H3;1H. The molecule has 1 aliphatic rings. The van der Waals surface area contributed by atoms with Gasteiger partial charge in [0.25, 0.3) is 5.91 Å². The fourth-order valence-electron chi connectivity index (χ4n) is 2.26. The molecule has 1 aliphatic heterocycles. The summed E-state index contributed by atoms with van der Waals surface area (Å²) in [5.41, 5.74) is 6.28. The van der Waals surface area contributed by atoms with E-state index in [0.29, 0.717) is 12.2 Å². The van der Waals surface area contributed by atoms with Crippen molar-refractivity contribution in [2.45, 2.75) is 33.2 Å². The van der Waals surface area contributed by atoms with Crippen molar-refractivity contribution in [2.75, 3.05) is 13.1 Å². The molecule has 1 amide bonds. The van der Waals surface area contributed by atoms with E-state index in [4.69, 9.17) is 5.73 Å². The maximum absolute atomic E-state index is 12.2. The number of halogens is 1. The fraction of sp³-hybridized carbons (Fsp3) is 0.667. The van der Waals surface area contributed by atoms with E-state index in [1.165, 1.54) is 17.8 Å². The molecule has 2 N–H and O–H groups in total. The summed E-state index contributed by atoms with van der Waals surface area (Å²) in [7, 11) is 0. The van der Waals surface area contributed by atoms with Crippen molar-refractivity contribution in [3.8, 4) is 0 Å². The molecule has 18 heavy (non-hydrogen) atoms. The first-order chi connectivity index (χ1) is 8.02. The maximum Gasteiger partial charge on any atom is 0.273 e. The topological polar surface area (TPSA) is 59.2 Å². The summed E-state index contributed by atoms with van der Waals surface area (Å²) >= 11 is 1.46. The molecule has 0 atom stereocenters. The molecule has 1 saturated heterocycles. The van der Waals surface area contributed by atoms with Gasteiger partial charge in [-0.1, -0.05) is 13.8 Å². The van der Waals surface area contributed by atoms with Gasteiger partial charge in [-0.05, 0) is 18.3 Å². The largest absolute Gasteiger partial charge is 0.337 e. The number of likely N-dealkylation sites (tertiary alicyclic amines) is 1. The summed E-state index contributed by atoms with van der Waals surface area (Å²) in [6.07, 6.45) is 2.26. The van der Waals surface area contributed by atoms with Crippen LogP contribution in [0, 0.1) is 5.41 Å². The lowest BCUT2D eigenvalue weighted by Crippen LogP contribution is -2.43. The normalized spacial score (nSPS) is 18.3. The zero-order valence-corrected chi connectivity index (χ0v) is 12.4. The van der Waals surface area contributed by atoms with Crippen LogP contribution in [0.4, 0.5) is 0 Å². The van der Waals surface area contributed by atoms with Gasteiger partial charge < -0.3 is 10.6 Å². The number of carbonyl (C=O) groups excluding carboxylic acids is 1. The number of piperidine rings is 1. The minimum Gasteiger partial charge on any atom is -0.337 e. The first-order valence-corrected chi connectivity index (χ1v) is 6.83. The molecule has 0 unspecified atom stereocenters. The van der Waals surface area contributed by atoms with Crippen molar-refractivity contribution in [3.63, 3.8) is 0 Å². The van der Waals surface area contributed by atoms with Gasteiger partial charge in [0.05, 0.1) is 0 Å². The summed E-state index contributed by atoms with van der Waals surface area (Å²) in [6.45, 7) is 6.49. The number of nitrogens with zero attached hydrogens (tertiary/aromatic N) is 2. The highest BCUT2D eigenvalue weighted by molar-refractivity contribution is 7.09. The van der Waals surface area contributed by atoms with Crippen molar-refractivity contribution in [3.05, 3.63) is 16.1 Å². The number of carbonyl (C=O) groups is 1. The second-order valence-corrected chi connectivity index (χ2v) is 6.27. The molecule has 1 fully saturated rings. The van der Waals surface area contributed by atoms with Crippen LogP contribution in [0.5, 0.6) is 0 Å². The lowest BCUT2D eigenvalue weighted by atomic mass is 9.84. The molecule has 0 saturated carbocycles. The van der Waals surface area contributed by atoms with Crippen molar-refractivity contribution in [1.82, 2.24) is 9.88 Å². The third-order valence-corrected chi connectivity index (χ3v) is 4.00. The Morgan fingerprint density at radius 1 is 1.61 bits per heavy atom. The van der Waals surface area contributed by atoms with Gasteiger partial charge in [0, 0.05) is 25.0 Å². The predicted molar refractivity (Wildman–Crippen MR) is 76.2 cm³/mol. The average molecular weight is 290 g/mol. The Morgan fingerprint density at radius 3 is 2.89 bits per heavy atom. The minimum absolute atomic E-state index is 0. The van der Waals surface area contributed by atoms with E-state index < -0.39 is 0 Å². The molecule has 1 aromatic heterocycles. The zero-order chi connectivity index (χ0) is 12.5. The van der Waals surface area contributed by atoms with Gasteiger partial charge in [-0.2, -0.15) is 0 Å². The number of amides is 1. The molecule has 2 heterocycles. The molecular weight excluding hydrogens is 270 g/mol. The molecule has 0 radical (unpaired) electrons. The third-order valence-electron chi connectivity index (χ3n) is 3.13. The van der Waals surface area contributed by atoms with Crippen LogP contribution in [0.3, 0.4) is 0 Å². The van der Waals surface area contributed by atoms with Gasteiger partial charge in [-0.3, -0.25) is 4.79 Å². The first-order valence-electron chi connectivity index (χ1n) is 5.95. The summed E-state index contributed by atoms with van der Waals surface area (Å²) in [6, 6.07) is 0. The van der Waals surface area contributed by atoms with E-state index >= 15 is 0 Å². The van der Waals surface area contributed by atoms with Crippen molar-refractivity contribution in [2.24, 2.45) is 11.1 Å². The Morgan fingerprint density at radius 2 is 2.33 bits per heavy atom. The number of hydrogen-bond donors (Lipinski definition) is 1. The van der Waals surface area contributed by atoms with Crippen LogP contribution < -0.4 is 5.73 Å². The molecule has 0 bridgehead atoms. The Balaban J connectivity index is 0.00000162. The molecule has 0 aromatic carbocycles. The fourth-order valence-corrected chi connectivity index (χ4v) is 2.91. The van der Waals surface area contributed by atoms with Crippen LogP contribution in [-0.2, 0) is 6.54 Å². The van der Waals surface area contributed by atoms with Gasteiger partial charge >= 0.3 is 0 Å². The predicted octanol–water partition coefficient (Wildman–Crippen LogP) is 2.29. The summed E-state index contributed by atoms with van der Waals surface area (Å²) in [4.78, 5) is 18.4. The van der Waals surface area contributed by atoms with Crippen molar-refractivity contribution in [1.29, 1.82) is 0 Å². The smallest absolute Gasteiger partial charge is 0.273 e. The van der Waals surface area contributed by atoms with E-state index in [0.717, 1.165) is 24.5 Å². The van der Waals surface area contributed by atoms with Gasteiger partial charge in [0.1, 0.15) is 10.7 Å². The van der Waals surface area contributed by atoms with Gasteiger partial charge in [0.15, 0.2) is 0 Å². The minimum atomic E-state index is 0. The monoisotopic (exact) mass is 289 g/mol. The molecular formula is C12H20ClN3OS. The number of aromatic nitrogens is 1. The first kappa shape index (κ1) is 15.4. The van der Waals surface area contributed by atoms with E-state index in [-0.39, 0.29) is 23.7 Å². The molecule has 102 valence electrons. The summed E-state index contributed by atoms with van der Waals surface area (Å²) < 4.78 is 0. The molecule has 4 nitrogen and oxygen atoms in total. The van der Waals surface area contributed by atoms with E-state index in [2.05, 4.69) is 18.8 Å².